The first-order chi connectivity index (χ1) is 16.1. The summed E-state index contributed by atoms with van der Waals surface area (Å²) < 4.78 is 0. The van der Waals surface area contributed by atoms with Gasteiger partial charge in [-0.05, 0) is 81.9 Å². The molecule has 0 radical (unpaired) electrons. The fourth-order valence-electron chi connectivity index (χ4n) is 4.98. The highest BCUT2D eigenvalue weighted by molar-refractivity contribution is 6.16. The second-order valence-corrected chi connectivity index (χ2v) is 9.05. The van der Waals surface area contributed by atoms with Crippen molar-refractivity contribution >= 4 is 41.5 Å². The average molecular weight is 486 g/mol. The Morgan fingerprint density at radius 2 is 1.88 bits per heavy atom. The summed E-state index contributed by atoms with van der Waals surface area (Å²) in [6.45, 7) is 9.29. The SMILES string of the molecule is CCCN(CCC)CCC1CCCN(C(=O)N2c3ccccc3C(=O)Nc3cccnc32)C1.Cl. The number of hydrogen-bond acceptors (Lipinski definition) is 4. The van der Waals surface area contributed by atoms with Gasteiger partial charge in [0.15, 0.2) is 5.82 Å². The second kappa shape index (κ2) is 12.2. The molecule has 0 spiro atoms. The Labute approximate surface area is 208 Å². The molecule has 1 N–H and O–H groups in total. The van der Waals surface area contributed by atoms with Crippen LogP contribution >= 0.6 is 12.4 Å². The molecule has 8 heteroatoms. The Balaban J connectivity index is 0.00000324. The van der Waals surface area contributed by atoms with E-state index in [1.807, 2.05) is 23.1 Å². The molecule has 2 aromatic rings. The summed E-state index contributed by atoms with van der Waals surface area (Å²) in [5.74, 6) is 0.739. The maximum absolute atomic E-state index is 13.9. The van der Waals surface area contributed by atoms with Crippen LogP contribution in [0.25, 0.3) is 0 Å². The molecule has 4 rings (SSSR count). The molecule has 1 saturated heterocycles. The van der Waals surface area contributed by atoms with E-state index in [1.165, 1.54) is 12.8 Å². The summed E-state index contributed by atoms with van der Waals surface area (Å²) >= 11 is 0. The molecule has 3 heterocycles. The van der Waals surface area contributed by atoms with Gasteiger partial charge in [-0.3, -0.25) is 4.79 Å². The number of amides is 3. The number of rotatable bonds is 7. The highest BCUT2D eigenvalue weighted by Gasteiger charge is 2.34. The molecular weight excluding hydrogens is 450 g/mol. The minimum Gasteiger partial charge on any atom is -0.324 e. The van der Waals surface area contributed by atoms with Gasteiger partial charge in [-0.2, -0.15) is 0 Å². The van der Waals surface area contributed by atoms with Gasteiger partial charge in [0, 0.05) is 19.3 Å². The number of urea groups is 1. The molecule has 34 heavy (non-hydrogen) atoms. The Kier molecular flexibility index (Phi) is 9.30. The number of aromatic nitrogens is 1. The van der Waals surface area contributed by atoms with Crippen LogP contribution in [0.2, 0.25) is 0 Å². The van der Waals surface area contributed by atoms with Gasteiger partial charge < -0.3 is 15.1 Å². The quantitative estimate of drug-likeness (QED) is 0.558. The van der Waals surface area contributed by atoms with Crippen LogP contribution in [-0.4, -0.2) is 59.4 Å². The van der Waals surface area contributed by atoms with E-state index in [4.69, 9.17) is 0 Å². The Bertz CT molecular complexity index is 979. The number of carbonyl (C=O) groups excluding carboxylic acids is 2. The summed E-state index contributed by atoms with van der Waals surface area (Å²) in [6, 6.07) is 10.7. The normalized spacial score (nSPS) is 17.4. The molecular formula is C26H36ClN5O2. The number of fused-ring (bicyclic) bond motifs is 2. The zero-order valence-electron chi connectivity index (χ0n) is 20.2. The lowest BCUT2D eigenvalue weighted by Crippen LogP contribution is -2.47. The number of halogens is 1. The number of nitrogens with one attached hydrogen (secondary N) is 1. The zero-order valence-corrected chi connectivity index (χ0v) is 21.0. The van der Waals surface area contributed by atoms with Gasteiger partial charge in [-0.1, -0.05) is 26.0 Å². The fourth-order valence-corrected chi connectivity index (χ4v) is 4.98. The predicted octanol–water partition coefficient (Wildman–Crippen LogP) is 5.55. The molecule has 1 aromatic heterocycles. The molecule has 0 aliphatic carbocycles. The maximum Gasteiger partial charge on any atom is 0.330 e. The lowest BCUT2D eigenvalue weighted by molar-refractivity contribution is 0.102. The van der Waals surface area contributed by atoms with E-state index in [-0.39, 0.29) is 24.3 Å². The Morgan fingerprint density at radius 3 is 2.65 bits per heavy atom. The highest BCUT2D eigenvalue weighted by atomic mass is 35.5. The third-order valence-corrected chi connectivity index (χ3v) is 6.55. The number of pyridine rings is 1. The maximum atomic E-state index is 13.9. The lowest BCUT2D eigenvalue weighted by atomic mass is 9.94. The number of nitrogens with zero attached hydrogens (tertiary/aromatic N) is 4. The Morgan fingerprint density at radius 1 is 1.12 bits per heavy atom. The third kappa shape index (κ3) is 5.70. The molecule has 0 bridgehead atoms. The van der Waals surface area contributed by atoms with Crippen molar-refractivity contribution in [1.82, 2.24) is 14.8 Å². The average Bonchev–Trinajstić information content (AvgIpc) is 2.96. The molecule has 2 aliphatic heterocycles. The van der Waals surface area contributed by atoms with Crippen molar-refractivity contribution in [2.45, 2.75) is 46.0 Å². The van der Waals surface area contributed by atoms with E-state index in [0.29, 0.717) is 28.7 Å². The largest absolute Gasteiger partial charge is 0.330 e. The van der Waals surface area contributed by atoms with Crippen LogP contribution in [0.15, 0.2) is 42.6 Å². The van der Waals surface area contributed by atoms with Crippen LogP contribution in [0.5, 0.6) is 0 Å². The van der Waals surface area contributed by atoms with Gasteiger partial charge in [0.1, 0.15) is 0 Å². The molecule has 184 valence electrons. The topological polar surface area (TPSA) is 68.8 Å². The molecule has 0 saturated carbocycles. The van der Waals surface area contributed by atoms with Crippen LogP contribution in [0.1, 0.15) is 56.3 Å². The fraction of sp³-hybridized carbons (Fsp3) is 0.500. The van der Waals surface area contributed by atoms with Crippen molar-refractivity contribution in [1.29, 1.82) is 0 Å². The number of likely N-dealkylation sites (tertiary alicyclic amines) is 1. The monoisotopic (exact) mass is 485 g/mol. The van der Waals surface area contributed by atoms with E-state index >= 15 is 0 Å². The molecule has 1 aromatic carbocycles. The number of anilines is 3. The molecule has 1 fully saturated rings. The summed E-state index contributed by atoms with van der Waals surface area (Å²) in [7, 11) is 0. The van der Waals surface area contributed by atoms with Crippen molar-refractivity contribution in [3.05, 3.63) is 48.2 Å². The molecule has 7 nitrogen and oxygen atoms in total. The zero-order chi connectivity index (χ0) is 23.2. The van der Waals surface area contributed by atoms with Gasteiger partial charge in [0.2, 0.25) is 0 Å². The number of piperidine rings is 1. The smallest absolute Gasteiger partial charge is 0.324 e. The van der Waals surface area contributed by atoms with Gasteiger partial charge in [-0.15, -0.1) is 12.4 Å². The van der Waals surface area contributed by atoms with Gasteiger partial charge in [0.25, 0.3) is 5.91 Å². The summed E-state index contributed by atoms with van der Waals surface area (Å²) in [6.07, 6.45) is 7.26. The molecule has 2 aliphatic rings. The Hall–Kier alpha value is -2.64. The highest BCUT2D eigenvalue weighted by Crippen LogP contribution is 2.37. The van der Waals surface area contributed by atoms with Crippen molar-refractivity contribution in [3.63, 3.8) is 0 Å². The van der Waals surface area contributed by atoms with Crippen LogP contribution in [0.3, 0.4) is 0 Å². The summed E-state index contributed by atoms with van der Waals surface area (Å²) in [5.41, 5.74) is 1.61. The van der Waals surface area contributed by atoms with Gasteiger partial charge in [-0.25, -0.2) is 14.7 Å². The third-order valence-electron chi connectivity index (χ3n) is 6.55. The molecule has 1 unspecified atom stereocenters. The first-order valence-electron chi connectivity index (χ1n) is 12.3. The van der Waals surface area contributed by atoms with E-state index in [0.717, 1.165) is 52.0 Å². The number of hydrogen-bond donors (Lipinski definition) is 1. The number of para-hydroxylation sites is 1. The van der Waals surface area contributed by atoms with Crippen molar-refractivity contribution in [3.8, 4) is 0 Å². The minimum absolute atomic E-state index is 0. The summed E-state index contributed by atoms with van der Waals surface area (Å²) in [4.78, 5) is 37.3. The second-order valence-electron chi connectivity index (χ2n) is 9.05. The number of carbonyl (C=O) groups is 2. The lowest BCUT2D eigenvalue weighted by Gasteiger charge is -2.37. The van der Waals surface area contributed by atoms with Crippen LogP contribution < -0.4 is 10.2 Å². The summed E-state index contributed by atoms with van der Waals surface area (Å²) in [5, 5.41) is 2.91. The van der Waals surface area contributed by atoms with Crippen LogP contribution in [0, 0.1) is 5.92 Å². The van der Waals surface area contributed by atoms with Crippen LogP contribution in [0.4, 0.5) is 22.0 Å². The first kappa shape index (κ1) is 26.0. The van der Waals surface area contributed by atoms with Crippen LogP contribution in [-0.2, 0) is 0 Å². The van der Waals surface area contributed by atoms with Gasteiger partial charge in [0.05, 0.1) is 16.9 Å². The van der Waals surface area contributed by atoms with E-state index in [9.17, 15) is 9.59 Å². The standard InChI is InChI=1S/C26H35N5O2.ClH/c1-3-15-29(16-4-2)18-13-20-9-8-17-30(19-20)26(33)31-23-12-6-5-10-21(23)25(32)28-22-11-7-14-27-24(22)31;/h5-7,10-12,14,20H,3-4,8-9,13,15-19H2,1-2H3,(H,28,32);1H. The minimum atomic E-state index is -0.224. The van der Waals surface area contributed by atoms with E-state index in [2.05, 4.69) is 29.0 Å². The van der Waals surface area contributed by atoms with Crippen molar-refractivity contribution in [2.75, 3.05) is 42.9 Å². The molecule has 3 amide bonds. The van der Waals surface area contributed by atoms with E-state index < -0.39 is 0 Å². The number of benzene rings is 1. The predicted molar refractivity (Wildman–Crippen MR) is 139 cm³/mol. The van der Waals surface area contributed by atoms with Crippen molar-refractivity contribution < 1.29 is 9.59 Å². The van der Waals surface area contributed by atoms with Crippen molar-refractivity contribution in [2.24, 2.45) is 5.92 Å². The van der Waals surface area contributed by atoms with E-state index in [1.54, 1.807) is 29.3 Å². The first-order valence-corrected chi connectivity index (χ1v) is 12.3. The van der Waals surface area contributed by atoms with Gasteiger partial charge >= 0.3 is 6.03 Å². The molecule has 1 atom stereocenters.